The van der Waals surface area contributed by atoms with E-state index in [2.05, 4.69) is 46.3 Å². The molecule has 3 aromatic rings. The van der Waals surface area contributed by atoms with Crippen LogP contribution < -0.4 is 10.1 Å². The first kappa shape index (κ1) is 22.1. The molecule has 168 valence electrons. The molecule has 1 aliphatic heterocycles. The lowest BCUT2D eigenvalue weighted by Gasteiger charge is -2.34. The van der Waals surface area contributed by atoms with E-state index in [4.69, 9.17) is 9.15 Å². The molecule has 2 heterocycles. The highest BCUT2D eigenvalue weighted by Gasteiger charge is 2.17. The van der Waals surface area contributed by atoms with Crippen LogP contribution in [0, 0.1) is 0 Å². The lowest BCUT2D eigenvalue weighted by atomic mass is 10.1. The molecule has 1 amide bonds. The molecule has 0 saturated carbocycles. The highest BCUT2D eigenvalue weighted by atomic mass is 16.5. The zero-order chi connectivity index (χ0) is 22.2. The van der Waals surface area contributed by atoms with Crippen LogP contribution in [0.4, 0.5) is 0 Å². The molecule has 0 aliphatic carbocycles. The Bertz CT molecular complexity index is 977. The molecule has 0 bridgehead atoms. The van der Waals surface area contributed by atoms with E-state index in [0.717, 1.165) is 56.1 Å². The third-order valence-electron chi connectivity index (χ3n) is 5.88. The van der Waals surface area contributed by atoms with Gasteiger partial charge in [0.05, 0.1) is 6.26 Å². The number of benzene rings is 2. The number of furan rings is 1. The predicted octanol–water partition coefficient (Wildman–Crippen LogP) is 3.93. The first-order chi connectivity index (χ1) is 15.7. The molecule has 4 rings (SSSR count). The van der Waals surface area contributed by atoms with Gasteiger partial charge in [-0.05, 0) is 35.9 Å². The number of ether oxygens (including phenoxy) is 1. The van der Waals surface area contributed by atoms with Crippen molar-refractivity contribution in [3.05, 3.63) is 89.4 Å². The van der Waals surface area contributed by atoms with Gasteiger partial charge in [0, 0.05) is 44.8 Å². The van der Waals surface area contributed by atoms with E-state index in [1.165, 1.54) is 11.8 Å². The van der Waals surface area contributed by atoms with Gasteiger partial charge in [-0.25, -0.2) is 0 Å². The number of likely N-dealkylation sites (N-methyl/N-ethyl adjacent to an activating group) is 1. The van der Waals surface area contributed by atoms with Crippen LogP contribution in [0.15, 0.2) is 71.3 Å². The Balaban J connectivity index is 1.25. The van der Waals surface area contributed by atoms with Gasteiger partial charge in [0.1, 0.15) is 12.4 Å². The number of piperazine rings is 1. The van der Waals surface area contributed by atoms with E-state index >= 15 is 0 Å². The lowest BCUT2D eigenvalue weighted by molar-refractivity contribution is 0.0919. The minimum absolute atomic E-state index is 0.237. The maximum absolute atomic E-state index is 12.6. The van der Waals surface area contributed by atoms with Gasteiger partial charge in [0.25, 0.3) is 5.91 Å². The van der Waals surface area contributed by atoms with Crippen molar-refractivity contribution in [3.8, 4) is 5.75 Å². The van der Waals surface area contributed by atoms with Crippen LogP contribution in [0.1, 0.15) is 34.2 Å². The molecule has 1 N–H and O–H groups in total. The Kier molecular flexibility index (Phi) is 7.59. The minimum atomic E-state index is -0.237. The summed E-state index contributed by atoms with van der Waals surface area (Å²) in [4.78, 5) is 17.6. The van der Waals surface area contributed by atoms with Gasteiger partial charge < -0.3 is 19.4 Å². The summed E-state index contributed by atoms with van der Waals surface area (Å²) in [6.45, 7) is 9.58. The number of para-hydroxylation sites is 1. The predicted molar refractivity (Wildman–Crippen MR) is 124 cm³/mol. The third-order valence-corrected chi connectivity index (χ3v) is 5.88. The average Bonchev–Trinajstić information content (AvgIpc) is 3.32. The minimum Gasteiger partial charge on any atom is -0.489 e. The van der Waals surface area contributed by atoms with Crippen LogP contribution in [0.2, 0.25) is 0 Å². The monoisotopic (exact) mass is 433 g/mol. The average molecular weight is 434 g/mol. The third kappa shape index (κ3) is 5.99. The van der Waals surface area contributed by atoms with Crippen molar-refractivity contribution in [2.24, 2.45) is 0 Å². The molecule has 6 nitrogen and oxygen atoms in total. The summed E-state index contributed by atoms with van der Waals surface area (Å²) in [7, 11) is 0. The fourth-order valence-corrected chi connectivity index (χ4v) is 3.87. The van der Waals surface area contributed by atoms with Gasteiger partial charge >= 0.3 is 0 Å². The molecule has 32 heavy (non-hydrogen) atoms. The van der Waals surface area contributed by atoms with Crippen LogP contribution in [0.25, 0.3) is 0 Å². The van der Waals surface area contributed by atoms with E-state index in [1.54, 1.807) is 6.07 Å². The Morgan fingerprint density at radius 2 is 1.62 bits per heavy atom. The molecular weight excluding hydrogens is 402 g/mol. The molecule has 6 heteroatoms. The number of nitrogens with one attached hydrogen (secondary N) is 1. The van der Waals surface area contributed by atoms with Crippen molar-refractivity contribution in [3.63, 3.8) is 0 Å². The van der Waals surface area contributed by atoms with Gasteiger partial charge in [-0.3, -0.25) is 9.69 Å². The highest BCUT2D eigenvalue weighted by molar-refractivity contribution is 5.92. The Hall–Kier alpha value is -3.09. The second-order valence-electron chi connectivity index (χ2n) is 8.09. The van der Waals surface area contributed by atoms with Gasteiger partial charge in [-0.1, -0.05) is 49.4 Å². The number of carbonyl (C=O) groups excluding carboxylic acids is 1. The number of hydrogen-bond acceptors (Lipinski definition) is 5. The first-order valence-corrected chi connectivity index (χ1v) is 11.3. The smallest absolute Gasteiger partial charge is 0.287 e. The summed E-state index contributed by atoms with van der Waals surface area (Å²) >= 11 is 0. The van der Waals surface area contributed by atoms with Crippen molar-refractivity contribution in [2.45, 2.75) is 26.6 Å². The normalized spacial score (nSPS) is 14.9. The topological polar surface area (TPSA) is 58.0 Å². The van der Waals surface area contributed by atoms with Crippen LogP contribution in [-0.2, 0) is 19.7 Å². The van der Waals surface area contributed by atoms with Gasteiger partial charge in [0.15, 0.2) is 5.76 Å². The summed E-state index contributed by atoms with van der Waals surface area (Å²) in [6.07, 6.45) is 1.52. The first-order valence-electron chi connectivity index (χ1n) is 11.3. The maximum Gasteiger partial charge on any atom is 0.287 e. The second-order valence-corrected chi connectivity index (χ2v) is 8.09. The largest absolute Gasteiger partial charge is 0.489 e. The summed E-state index contributed by atoms with van der Waals surface area (Å²) in [5.74, 6) is 0.815. The number of nitrogens with zero attached hydrogens (tertiary/aromatic N) is 2. The van der Waals surface area contributed by atoms with E-state index in [1.807, 2.05) is 30.3 Å². The standard InChI is InChI=1S/C26H31N3O3/c1-2-28-13-15-29(16-14-28)19-22-10-8-21(9-11-22)18-27-26(30)25-23(12-17-31-25)20-32-24-6-4-3-5-7-24/h3-12,17H,2,13-16,18-20H2,1H3,(H,27,30). The lowest BCUT2D eigenvalue weighted by Crippen LogP contribution is -2.45. The van der Waals surface area contributed by atoms with Crippen LogP contribution >= 0.6 is 0 Å². The van der Waals surface area contributed by atoms with Crippen LogP contribution in [0.5, 0.6) is 5.75 Å². The van der Waals surface area contributed by atoms with Gasteiger partial charge in [-0.2, -0.15) is 0 Å². The fraction of sp³-hybridized carbons (Fsp3) is 0.346. The molecule has 2 aromatic carbocycles. The zero-order valence-corrected chi connectivity index (χ0v) is 18.6. The van der Waals surface area contributed by atoms with Crippen molar-refractivity contribution < 1.29 is 13.9 Å². The van der Waals surface area contributed by atoms with E-state index in [9.17, 15) is 4.79 Å². The summed E-state index contributed by atoms with van der Waals surface area (Å²) in [5.41, 5.74) is 3.09. The molecule has 0 atom stereocenters. The quantitative estimate of drug-likeness (QED) is 0.554. The summed E-state index contributed by atoms with van der Waals surface area (Å²) < 4.78 is 11.2. The number of amides is 1. The SMILES string of the molecule is CCN1CCN(Cc2ccc(CNC(=O)c3occc3COc3ccccc3)cc2)CC1. The molecular formula is C26H31N3O3. The fourth-order valence-electron chi connectivity index (χ4n) is 3.87. The van der Waals surface area contributed by atoms with E-state index in [0.29, 0.717) is 12.3 Å². The number of carbonyl (C=O) groups is 1. The molecule has 0 spiro atoms. The van der Waals surface area contributed by atoms with Crippen molar-refractivity contribution in [2.75, 3.05) is 32.7 Å². The summed E-state index contributed by atoms with van der Waals surface area (Å²) in [6, 6.07) is 19.8. The molecule has 1 aromatic heterocycles. The van der Waals surface area contributed by atoms with Crippen molar-refractivity contribution >= 4 is 5.91 Å². The van der Waals surface area contributed by atoms with Crippen molar-refractivity contribution in [1.29, 1.82) is 0 Å². The zero-order valence-electron chi connectivity index (χ0n) is 18.6. The summed E-state index contributed by atoms with van der Waals surface area (Å²) in [5, 5.41) is 2.95. The maximum atomic E-state index is 12.6. The number of rotatable bonds is 9. The molecule has 0 radical (unpaired) electrons. The number of hydrogen-bond donors (Lipinski definition) is 1. The van der Waals surface area contributed by atoms with Crippen molar-refractivity contribution in [1.82, 2.24) is 15.1 Å². The van der Waals surface area contributed by atoms with Crippen LogP contribution in [0.3, 0.4) is 0 Å². The molecule has 1 saturated heterocycles. The van der Waals surface area contributed by atoms with Gasteiger partial charge in [0.2, 0.25) is 0 Å². The van der Waals surface area contributed by atoms with E-state index < -0.39 is 0 Å². The molecule has 1 fully saturated rings. The Labute approximate surface area is 189 Å². The Morgan fingerprint density at radius 3 is 2.34 bits per heavy atom. The second kappa shape index (κ2) is 11.0. The van der Waals surface area contributed by atoms with Gasteiger partial charge in [-0.15, -0.1) is 0 Å². The molecule has 0 unspecified atom stereocenters. The van der Waals surface area contributed by atoms with E-state index in [-0.39, 0.29) is 12.5 Å². The van der Waals surface area contributed by atoms with Crippen LogP contribution in [-0.4, -0.2) is 48.4 Å². The highest BCUT2D eigenvalue weighted by Crippen LogP contribution is 2.16. The molecule has 1 aliphatic rings. The Morgan fingerprint density at radius 1 is 0.938 bits per heavy atom.